The molecule has 4 heteroatoms. The van der Waals surface area contributed by atoms with Gasteiger partial charge in [0.25, 0.3) is 0 Å². The van der Waals surface area contributed by atoms with E-state index in [4.69, 9.17) is 14.9 Å². The highest BCUT2D eigenvalue weighted by Crippen LogP contribution is 2.39. The molecule has 0 radical (unpaired) electrons. The number of benzene rings is 2. The number of fused-ring (bicyclic) bond motifs is 1. The third-order valence-corrected chi connectivity index (χ3v) is 5.70. The highest BCUT2D eigenvalue weighted by molar-refractivity contribution is 6.31. The molecule has 0 aliphatic heterocycles. The molecule has 3 nitrogen and oxygen atoms in total. The number of methoxy groups -OCH3 is 1. The maximum Gasteiger partial charge on any atom is 0.168 e. The van der Waals surface area contributed by atoms with Crippen LogP contribution < -0.4 is 10.5 Å². The van der Waals surface area contributed by atoms with Gasteiger partial charge in [-0.25, -0.2) is 0 Å². The van der Waals surface area contributed by atoms with Crippen LogP contribution >= 0.6 is 0 Å². The second-order valence-corrected chi connectivity index (χ2v) is 10.5. The maximum atomic E-state index is 6.42. The van der Waals surface area contributed by atoms with E-state index in [0.29, 0.717) is 6.54 Å². The molecule has 0 aliphatic rings. The van der Waals surface area contributed by atoms with E-state index < -0.39 is 9.76 Å². The molecule has 2 aromatic carbocycles. The molecule has 2 aromatic rings. The topological polar surface area (TPSA) is 44.5 Å². The molecular formula is C19H29NO2Si. The van der Waals surface area contributed by atoms with Crippen LogP contribution in [0.15, 0.2) is 30.3 Å². The predicted octanol–water partition coefficient (Wildman–Crippen LogP) is 3.86. The van der Waals surface area contributed by atoms with Crippen molar-refractivity contribution < 1.29 is 9.16 Å². The van der Waals surface area contributed by atoms with E-state index in [2.05, 4.69) is 58.9 Å². The van der Waals surface area contributed by atoms with Crippen molar-refractivity contribution in [2.45, 2.75) is 51.8 Å². The van der Waals surface area contributed by atoms with Crippen LogP contribution in [0.25, 0.3) is 10.8 Å². The van der Waals surface area contributed by atoms with E-state index in [1.165, 1.54) is 10.8 Å². The molecule has 2 rings (SSSR count). The molecule has 126 valence electrons. The van der Waals surface area contributed by atoms with E-state index in [1.807, 2.05) is 6.07 Å². The summed E-state index contributed by atoms with van der Waals surface area (Å²) in [5.41, 5.74) is 7.65. The van der Waals surface area contributed by atoms with Gasteiger partial charge in [0.15, 0.2) is 9.76 Å². The van der Waals surface area contributed by atoms with Crippen molar-refractivity contribution in [2.24, 2.45) is 5.73 Å². The molecule has 0 unspecified atom stereocenters. The van der Waals surface area contributed by atoms with E-state index in [-0.39, 0.29) is 10.6 Å². The first kappa shape index (κ1) is 18.0. The van der Waals surface area contributed by atoms with Crippen LogP contribution in [0.2, 0.25) is 5.04 Å². The van der Waals surface area contributed by atoms with E-state index >= 15 is 0 Å². The normalized spacial score (nSPS) is 13.2. The zero-order valence-electron chi connectivity index (χ0n) is 15.2. The molecule has 2 N–H and O–H groups in total. The molecule has 0 amide bonds. The molecule has 0 heterocycles. The van der Waals surface area contributed by atoms with Crippen LogP contribution in [0.1, 0.15) is 45.7 Å². The third kappa shape index (κ3) is 4.13. The van der Waals surface area contributed by atoms with Crippen LogP contribution in [-0.4, -0.2) is 16.9 Å². The molecular weight excluding hydrogens is 302 g/mol. The number of rotatable bonds is 5. The molecule has 0 fully saturated rings. The lowest BCUT2D eigenvalue weighted by molar-refractivity contribution is 0.108. The van der Waals surface area contributed by atoms with Gasteiger partial charge in [0.2, 0.25) is 0 Å². The van der Waals surface area contributed by atoms with Crippen LogP contribution in [0.3, 0.4) is 0 Å². The fourth-order valence-corrected chi connectivity index (χ4v) is 3.68. The Labute approximate surface area is 142 Å². The second kappa shape index (κ2) is 6.63. The Balaban J connectivity index is 2.55. The molecule has 23 heavy (non-hydrogen) atoms. The molecule has 0 spiro atoms. The number of hydrogen-bond acceptors (Lipinski definition) is 3. The highest BCUT2D eigenvalue weighted by Gasteiger charge is 2.29. The summed E-state index contributed by atoms with van der Waals surface area (Å²) in [7, 11) is 1.04. The molecule has 0 bridgehead atoms. The fourth-order valence-electron chi connectivity index (χ4n) is 2.75. The molecule has 0 atom stereocenters. The zero-order valence-corrected chi connectivity index (χ0v) is 16.6. The summed E-state index contributed by atoms with van der Waals surface area (Å²) < 4.78 is 12.1. The van der Waals surface area contributed by atoms with Crippen LogP contribution in [0.4, 0.5) is 0 Å². The monoisotopic (exact) mass is 331 g/mol. The van der Waals surface area contributed by atoms with Crippen LogP contribution in [0.5, 0.6) is 5.75 Å². The first-order valence-electron chi connectivity index (χ1n) is 8.12. The summed E-state index contributed by atoms with van der Waals surface area (Å²) in [6.07, 6.45) is 0. The fraction of sp³-hybridized carbons (Fsp3) is 0.474. The minimum absolute atomic E-state index is 0.252. The zero-order chi connectivity index (χ0) is 17.3. The van der Waals surface area contributed by atoms with Gasteiger partial charge in [-0.2, -0.15) is 0 Å². The standard InChI is InChI=1S/C19H29NO2Si/c1-18(2,3)23-22-19(4,5)17-15-9-7-13(12-20)11-14(15)8-10-16(17)21-6/h7-11H,12,20,23H2,1-6H3. The minimum Gasteiger partial charge on any atom is -0.496 e. The Hall–Kier alpha value is -1.36. The minimum atomic E-state index is -0.676. The smallest absolute Gasteiger partial charge is 0.168 e. The van der Waals surface area contributed by atoms with E-state index in [1.54, 1.807) is 7.11 Å². The van der Waals surface area contributed by atoms with Crippen LogP contribution in [0, 0.1) is 0 Å². The van der Waals surface area contributed by atoms with Gasteiger partial charge in [-0.3, -0.25) is 0 Å². The lowest BCUT2D eigenvalue weighted by atomic mass is 9.91. The lowest BCUT2D eigenvalue weighted by Gasteiger charge is -2.32. The third-order valence-electron chi connectivity index (χ3n) is 3.97. The molecule has 0 saturated heterocycles. The van der Waals surface area contributed by atoms with Crippen molar-refractivity contribution in [1.82, 2.24) is 0 Å². The van der Waals surface area contributed by atoms with E-state index in [9.17, 15) is 0 Å². The van der Waals surface area contributed by atoms with Crippen molar-refractivity contribution in [1.29, 1.82) is 0 Å². The van der Waals surface area contributed by atoms with Gasteiger partial charge in [0, 0.05) is 12.1 Å². The van der Waals surface area contributed by atoms with Crippen molar-refractivity contribution in [2.75, 3.05) is 7.11 Å². The van der Waals surface area contributed by atoms with Gasteiger partial charge in [-0.15, -0.1) is 0 Å². The highest BCUT2D eigenvalue weighted by atomic mass is 28.2. The van der Waals surface area contributed by atoms with Gasteiger partial charge >= 0.3 is 0 Å². The summed E-state index contributed by atoms with van der Waals surface area (Å²) in [5.74, 6) is 0.880. The van der Waals surface area contributed by atoms with E-state index in [0.717, 1.165) is 16.9 Å². The Kier molecular flexibility index (Phi) is 5.19. The van der Waals surface area contributed by atoms with Crippen LogP contribution in [-0.2, 0) is 16.6 Å². The molecule has 0 saturated carbocycles. The first-order valence-corrected chi connectivity index (χ1v) is 9.40. The Bertz CT molecular complexity index is 690. The summed E-state index contributed by atoms with van der Waals surface area (Å²) in [6.45, 7) is 11.5. The summed E-state index contributed by atoms with van der Waals surface area (Å²) in [4.78, 5) is 0. The number of nitrogens with two attached hydrogens (primary N) is 1. The molecule has 0 aliphatic carbocycles. The van der Waals surface area contributed by atoms with Gasteiger partial charge in [-0.05, 0) is 47.4 Å². The summed E-state index contributed by atoms with van der Waals surface area (Å²) in [5, 5.41) is 2.61. The Morgan fingerprint density at radius 1 is 1.04 bits per heavy atom. The SMILES string of the molecule is COc1ccc2cc(CN)ccc2c1C(C)(C)O[SiH2]C(C)(C)C. The van der Waals surface area contributed by atoms with Gasteiger partial charge < -0.3 is 14.9 Å². The summed E-state index contributed by atoms with van der Waals surface area (Å²) in [6, 6.07) is 10.5. The Morgan fingerprint density at radius 3 is 2.30 bits per heavy atom. The first-order chi connectivity index (χ1) is 10.7. The average molecular weight is 332 g/mol. The molecule has 0 aromatic heterocycles. The predicted molar refractivity (Wildman–Crippen MR) is 101 cm³/mol. The second-order valence-electron chi connectivity index (χ2n) is 7.76. The van der Waals surface area contributed by atoms with Crippen molar-refractivity contribution in [3.63, 3.8) is 0 Å². The number of hydrogen-bond donors (Lipinski definition) is 1. The number of ether oxygens (including phenoxy) is 1. The Morgan fingerprint density at radius 2 is 1.74 bits per heavy atom. The van der Waals surface area contributed by atoms with Crippen molar-refractivity contribution in [3.05, 3.63) is 41.5 Å². The quantitative estimate of drug-likeness (QED) is 0.846. The van der Waals surface area contributed by atoms with Crippen molar-refractivity contribution >= 4 is 20.5 Å². The van der Waals surface area contributed by atoms with Gasteiger partial charge in [0.1, 0.15) is 5.75 Å². The largest absolute Gasteiger partial charge is 0.496 e. The summed E-state index contributed by atoms with van der Waals surface area (Å²) >= 11 is 0. The van der Waals surface area contributed by atoms with Gasteiger partial charge in [-0.1, -0.05) is 39.0 Å². The van der Waals surface area contributed by atoms with Gasteiger partial charge in [0.05, 0.1) is 12.7 Å². The lowest BCUT2D eigenvalue weighted by Crippen LogP contribution is -2.28. The average Bonchev–Trinajstić information content (AvgIpc) is 2.50. The van der Waals surface area contributed by atoms with Crippen molar-refractivity contribution in [3.8, 4) is 5.75 Å². The maximum absolute atomic E-state index is 6.42.